The number of hydrogen-bond acceptors (Lipinski definition) is 3. The molecule has 2 atom stereocenters. The molecule has 0 saturated carbocycles. The number of anilines is 1. The summed E-state index contributed by atoms with van der Waals surface area (Å²) in [6.45, 7) is 19.8. The summed E-state index contributed by atoms with van der Waals surface area (Å²) in [4.78, 5) is 25.4. The second-order valence-corrected chi connectivity index (χ2v) is 6.30. The molecule has 160 valence electrons. The molecule has 0 bridgehead atoms. The van der Waals surface area contributed by atoms with Gasteiger partial charge >= 0.3 is 0 Å². The number of carbonyl (C=O) groups is 2. The lowest BCUT2D eigenvalue weighted by atomic mass is 9.91. The molecule has 2 unspecified atom stereocenters. The van der Waals surface area contributed by atoms with Gasteiger partial charge in [0.15, 0.2) is 0 Å². The van der Waals surface area contributed by atoms with Crippen molar-refractivity contribution < 1.29 is 9.59 Å². The molecule has 2 amide bonds. The molecule has 0 aliphatic carbocycles. The third-order valence-corrected chi connectivity index (χ3v) is 4.46. The molecule has 1 heterocycles. The molecule has 4 nitrogen and oxygen atoms in total. The van der Waals surface area contributed by atoms with Crippen LogP contribution in [0.4, 0.5) is 5.69 Å². The van der Waals surface area contributed by atoms with Gasteiger partial charge in [-0.2, -0.15) is 0 Å². The van der Waals surface area contributed by atoms with Crippen LogP contribution < -0.4 is 10.2 Å². The van der Waals surface area contributed by atoms with Crippen LogP contribution in [0.1, 0.15) is 84.8 Å². The molecule has 0 spiro atoms. The van der Waals surface area contributed by atoms with E-state index in [1.165, 1.54) is 11.1 Å². The van der Waals surface area contributed by atoms with Crippen LogP contribution in [0.2, 0.25) is 0 Å². The molecule has 1 aliphatic heterocycles. The van der Waals surface area contributed by atoms with Gasteiger partial charge in [0, 0.05) is 19.2 Å². The van der Waals surface area contributed by atoms with Crippen LogP contribution in [0.5, 0.6) is 0 Å². The minimum atomic E-state index is -0.271. The average Bonchev–Trinajstić information content (AvgIpc) is 2.70. The Morgan fingerprint density at radius 2 is 1.79 bits per heavy atom. The number of imide groups is 1. The van der Waals surface area contributed by atoms with Gasteiger partial charge in [-0.05, 0) is 49.8 Å². The normalized spacial score (nSPS) is 16.0. The fourth-order valence-electron chi connectivity index (χ4n) is 3.04. The van der Waals surface area contributed by atoms with Gasteiger partial charge in [-0.3, -0.25) is 14.9 Å². The van der Waals surface area contributed by atoms with Crippen molar-refractivity contribution in [3.8, 4) is 0 Å². The highest BCUT2D eigenvalue weighted by Gasteiger charge is 2.31. The van der Waals surface area contributed by atoms with Gasteiger partial charge in [0.05, 0.1) is 0 Å². The van der Waals surface area contributed by atoms with Crippen LogP contribution >= 0.6 is 0 Å². The van der Waals surface area contributed by atoms with Crippen LogP contribution in [0.25, 0.3) is 0 Å². The Labute approximate surface area is 173 Å². The predicted octanol–water partition coefficient (Wildman–Crippen LogP) is 5.99. The molecular formula is C24H42N2O2. The van der Waals surface area contributed by atoms with E-state index < -0.39 is 0 Å². The number of allylic oxidation sites excluding steroid dienone is 1. The molecular weight excluding hydrogens is 348 g/mol. The van der Waals surface area contributed by atoms with Crippen LogP contribution in [0.3, 0.4) is 0 Å². The standard InChI is InChI=1S/C17H24N2O2.C3H6.2C2H6/c1-5-11(2)16-12(3)7-6-8-13(16)19(4)14-9-10-15(20)18-17(14)21;1-3-2;2*1-2/h6-8,11,14H,5,9-10H2,1-4H3,(H,18,20,21);3H,1H2,2H3;2*1-2H3. The quantitative estimate of drug-likeness (QED) is 0.507. The van der Waals surface area contributed by atoms with Crippen LogP contribution in [0, 0.1) is 6.92 Å². The van der Waals surface area contributed by atoms with E-state index in [0.717, 1.165) is 12.1 Å². The van der Waals surface area contributed by atoms with Gasteiger partial charge in [-0.1, -0.05) is 59.8 Å². The Hall–Kier alpha value is -2.10. The second kappa shape index (κ2) is 15.9. The maximum atomic E-state index is 12.1. The first-order valence-electron chi connectivity index (χ1n) is 10.6. The number of hydrogen-bond donors (Lipinski definition) is 1. The molecule has 1 aliphatic rings. The molecule has 0 radical (unpaired) electrons. The number of likely N-dealkylation sites (N-methyl/N-ethyl adjacent to an activating group) is 1. The summed E-state index contributed by atoms with van der Waals surface area (Å²) in [5.41, 5.74) is 3.65. The van der Waals surface area contributed by atoms with Gasteiger partial charge in [0.1, 0.15) is 6.04 Å². The summed E-state index contributed by atoms with van der Waals surface area (Å²) in [6.07, 6.45) is 3.79. The van der Waals surface area contributed by atoms with Crippen molar-refractivity contribution >= 4 is 17.5 Å². The van der Waals surface area contributed by atoms with E-state index in [-0.39, 0.29) is 17.9 Å². The fraction of sp³-hybridized carbons (Fsp3) is 0.583. The van der Waals surface area contributed by atoms with Crippen molar-refractivity contribution in [2.24, 2.45) is 0 Å². The number of aryl methyl sites for hydroxylation is 1. The number of rotatable bonds is 4. The van der Waals surface area contributed by atoms with Crippen LogP contribution in [-0.2, 0) is 9.59 Å². The minimum absolute atomic E-state index is 0.170. The SMILES string of the molecule is C=CC.CC.CC.CCC(C)c1c(C)cccc1N(C)C1CCC(=O)NC1=O. The highest BCUT2D eigenvalue weighted by Crippen LogP contribution is 2.33. The van der Waals surface area contributed by atoms with Crippen molar-refractivity contribution in [3.63, 3.8) is 0 Å². The van der Waals surface area contributed by atoms with Crippen molar-refractivity contribution in [1.82, 2.24) is 5.32 Å². The monoisotopic (exact) mass is 390 g/mol. The van der Waals surface area contributed by atoms with Crippen LogP contribution in [-0.4, -0.2) is 24.9 Å². The maximum absolute atomic E-state index is 12.1. The summed E-state index contributed by atoms with van der Waals surface area (Å²) in [6, 6.07) is 5.94. The second-order valence-electron chi connectivity index (χ2n) is 6.30. The van der Waals surface area contributed by atoms with E-state index in [0.29, 0.717) is 18.8 Å². The molecule has 0 aromatic heterocycles. The predicted molar refractivity (Wildman–Crippen MR) is 123 cm³/mol. The van der Waals surface area contributed by atoms with Gasteiger partial charge in [-0.25, -0.2) is 0 Å². The molecule has 2 rings (SSSR count). The number of carbonyl (C=O) groups excluding carboxylic acids is 2. The lowest BCUT2D eigenvalue weighted by Crippen LogP contribution is -2.51. The molecule has 4 heteroatoms. The molecule has 1 aromatic rings. The molecule has 1 N–H and O–H groups in total. The highest BCUT2D eigenvalue weighted by atomic mass is 16.2. The number of benzene rings is 1. The summed E-state index contributed by atoms with van der Waals surface area (Å²) in [5.74, 6) is 0.0818. The average molecular weight is 391 g/mol. The summed E-state index contributed by atoms with van der Waals surface area (Å²) in [5, 5.41) is 2.44. The lowest BCUT2D eigenvalue weighted by Gasteiger charge is -2.34. The smallest absolute Gasteiger partial charge is 0.249 e. The summed E-state index contributed by atoms with van der Waals surface area (Å²) < 4.78 is 0. The Bertz CT molecular complexity index is 596. The minimum Gasteiger partial charge on any atom is -0.362 e. The lowest BCUT2D eigenvalue weighted by molar-refractivity contribution is -0.134. The molecule has 28 heavy (non-hydrogen) atoms. The number of nitrogens with one attached hydrogen (secondary N) is 1. The molecule has 1 aromatic carbocycles. The first-order chi connectivity index (χ1) is 13.4. The number of amides is 2. The molecule has 1 saturated heterocycles. The highest BCUT2D eigenvalue weighted by molar-refractivity contribution is 6.01. The van der Waals surface area contributed by atoms with E-state index in [1.54, 1.807) is 6.08 Å². The zero-order valence-electron chi connectivity index (χ0n) is 19.6. The number of piperidine rings is 1. The first kappa shape index (κ1) is 28.1. The van der Waals surface area contributed by atoms with Gasteiger partial charge < -0.3 is 4.90 Å². The van der Waals surface area contributed by atoms with E-state index in [2.05, 4.69) is 44.8 Å². The third kappa shape index (κ3) is 8.28. The summed E-state index contributed by atoms with van der Waals surface area (Å²) >= 11 is 0. The van der Waals surface area contributed by atoms with Crippen molar-refractivity contribution in [2.75, 3.05) is 11.9 Å². The maximum Gasteiger partial charge on any atom is 0.249 e. The van der Waals surface area contributed by atoms with Crippen molar-refractivity contribution in [3.05, 3.63) is 42.0 Å². The summed E-state index contributed by atoms with van der Waals surface area (Å²) in [7, 11) is 1.95. The van der Waals surface area contributed by atoms with Crippen LogP contribution in [0.15, 0.2) is 30.9 Å². The van der Waals surface area contributed by atoms with Crippen molar-refractivity contribution in [1.29, 1.82) is 0 Å². The Morgan fingerprint density at radius 3 is 2.25 bits per heavy atom. The van der Waals surface area contributed by atoms with E-state index in [4.69, 9.17) is 0 Å². The Balaban J connectivity index is 0. The first-order valence-corrected chi connectivity index (χ1v) is 10.6. The Morgan fingerprint density at radius 1 is 1.25 bits per heavy atom. The zero-order valence-corrected chi connectivity index (χ0v) is 19.6. The molecule has 1 fully saturated rings. The van der Waals surface area contributed by atoms with Gasteiger partial charge in [0.25, 0.3) is 0 Å². The largest absolute Gasteiger partial charge is 0.362 e. The van der Waals surface area contributed by atoms with Crippen molar-refractivity contribution in [2.45, 2.75) is 86.6 Å². The topological polar surface area (TPSA) is 49.4 Å². The van der Waals surface area contributed by atoms with Gasteiger partial charge in [0.2, 0.25) is 11.8 Å². The fourth-order valence-corrected chi connectivity index (χ4v) is 3.04. The van der Waals surface area contributed by atoms with Gasteiger partial charge in [-0.15, -0.1) is 6.58 Å². The zero-order chi connectivity index (χ0) is 22.3. The van der Waals surface area contributed by atoms with E-state index >= 15 is 0 Å². The third-order valence-electron chi connectivity index (χ3n) is 4.46. The van der Waals surface area contributed by atoms with E-state index in [1.807, 2.05) is 52.6 Å². The van der Waals surface area contributed by atoms with E-state index in [9.17, 15) is 9.59 Å². The number of nitrogens with zero attached hydrogens (tertiary/aromatic N) is 1. The Kier molecular flexibility index (Phi) is 16.0.